The summed E-state index contributed by atoms with van der Waals surface area (Å²) >= 11 is 0. The van der Waals surface area contributed by atoms with Crippen LogP contribution in [0.15, 0.2) is 12.5 Å². The van der Waals surface area contributed by atoms with Crippen LogP contribution in [-0.4, -0.2) is 28.2 Å². The van der Waals surface area contributed by atoms with Crippen LogP contribution in [0.2, 0.25) is 0 Å². The summed E-state index contributed by atoms with van der Waals surface area (Å²) < 4.78 is 6.56. The second-order valence-electron chi connectivity index (χ2n) is 3.13. The molecule has 0 saturated carbocycles. The number of nitrogens with two attached hydrogens (primary N) is 1. The van der Waals surface area contributed by atoms with Crippen molar-refractivity contribution < 1.29 is 9.53 Å². The van der Waals surface area contributed by atoms with Crippen molar-refractivity contribution in [1.82, 2.24) is 9.55 Å². The van der Waals surface area contributed by atoms with Gasteiger partial charge < -0.3 is 15.0 Å². The molecule has 0 saturated heterocycles. The SMILES string of the molecule is CCOC(=O)c1cncn1C[C@@H](C)N. The second-order valence-corrected chi connectivity index (χ2v) is 3.13. The van der Waals surface area contributed by atoms with E-state index in [1.54, 1.807) is 17.8 Å². The topological polar surface area (TPSA) is 70.1 Å². The van der Waals surface area contributed by atoms with Crippen molar-refractivity contribution in [3.05, 3.63) is 18.2 Å². The maximum absolute atomic E-state index is 11.4. The van der Waals surface area contributed by atoms with Crippen LogP contribution in [0, 0.1) is 0 Å². The molecule has 0 radical (unpaired) electrons. The van der Waals surface area contributed by atoms with E-state index in [1.165, 1.54) is 6.20 Å². The van der Waals surface area contributed by atoms with Gasteiger partial charge in [0.2, 0.25) is 0 Å². The molecule has 0 aliphatic rings. The van der Waals surface area contributed by atoms with Crippen molar-refractivity contribution in [2.45, 2.75) is 26.4 Å². The Labute approximate surface area is 82.9 Å². The van der Waals surface area contributed by atoms with Crippen LogP contribution >= 0.6 is 0 Å². The van der Waals surface area contributed by atoms with Gasteiger partial charge >= 0.3 is 5.97 Å². The van der Waals surface area contributed by atoms with Crippen LogP contribution in [0.3, 0.4) is 0 Å². The van der Waals surface area contributed by atoms with E-state index in [0.717, 1.165) is 0 Å². The van der Waals surface area contributed by atoms with Crippen LogP contribution in [0.25, 0.3) is 0 Å². The van der Waals surface area contributed by atoms with E-state index >= 15 is 0 Å². The quantitative estimate of drug-likeness (QED) is 0.709. The molecule has 1 rings (SSSR count). The Morgan fingerprint density at radius 3 is 3.07 bits per heavy atom. The molecule has 1 aromatic rings. The molecular formula is C9H15N3O2. The lowest BCUT2D eigenvalue weighted by Gasteiger charge is -2.09. The summed E-state index contributed by atoms with van der Waals surface area (Å²) in [7, 11) is 0. The molecular weight excluding hydrogens is 182 g/mol. The predicted molar refractivity (Wildman–Crippen MR) is 51.8 cm³/mol. The van der Waals surface area contributed by atoms with E-state index in [-0.39, 0.29) is 12.0 Å². The van der Waals surface area contributed by atoms with Gasteiger partial charge in [-0.25, -0.2) is 9.78 Å². The molecule has 0 unspecified atom stereocenters. The number of carbonyl (C=O) groups excluding carboxylic acids is 1. The first-order valence-electron chi connectivity index (χ1n) is 4.58. The molecule has 1 aromatic heterocycles. The Balaban J connectivity index is 2.76. The third-order valence-corrected chi connectivity index (χ3v) is 1.68. The standard InChI is InChI=1S/C9H15N3O2/c1-3-14-9(13)8-4-11-6-12(8)5-7(2)10/h4,6-7H,3,5,10H2,1-2H3/t7-/m1/s1. The fraction of sp³-hybridized carbons (Fsp3) is 0.556. The molecule has 5 nitrogen and oxygen atoms in total. The number of esters is 1. The molecule has 0 amide bonds. The fourth-order valence-corrected chi connectivity index (χ4v) is 1.15. The summed E-state index contributed by atoms with van der Waals surface area (Å²) in [5.74, 6) is -0.356. The van der Waals surface area contributed by atoms with Gasteiger partial charge in [0, 0.05) is 12.6 Å². The number of carbonyl (C=O) groups is 1. The molecule has 0 spiro atoms. The monoisotopic (exact) mass is 197 g/mol. The van der Waals surface area contributed by atoms with Crippen LogP contribution < -0.4 is 5.73 Å². The first kappa shape index (κ1) is 10.7. The number of hydrogen-bond acceptors (Lipinski definition) is 4. The summed E-state index contributed by atoms with van der Waals surface area (Å²) in [5.41, 5.74) is 6.07. The van der Waals surface area contributed by atoms with Crippen molar-refractivity contribution in [1.29, 1.82) is 0 Å². The lowest BCUT2D eigenvalue weighted by molar-refractivity contribution is 0.0513. The Kier molecular flexibility index (Phi) is 3.64. The number of rotatable bonds is 4. The van der Waals surface area contributed by atoms with Gasteiger partial charge in [-0.3, -0.25) is 0 Å². The highest BCUT2D eigenvalue weighted by Gasteiger charge is 2.12. The van der Waals surface area contributed by atoms with E-state index < -0.39 is 0 Å². The highest BCUT2D eigenvalue weighted by molar-refractivity contribution is 5.87. The van der Waals surface area contributed by atoms with E-state index in [0.29, 0.717) is 18.8 Å². The molecule has 0 aliphatic carbocycles. The van der Waals surface area contributed by atoms with E-state index in [2.05, 4.69) is 4.98 Å². The third kappa shape index (κ3) is 2.56. The summed E-state index contributed by atoms with van der Waals surface area (Å²) in [6.45, 7) is 4.56. The van der Waals surface area contributed by atoms with Gasteiger partial charge in [-0.05, 0) is 13.8 Å². The highest BCUT2D eigenvalue weighted by Crippen LogP contribution is 2.02. The van der Waals surface area contributed by atoms with E-state index in [1.807, 2.05) is 6.92 Å². The lowest BCUT2D eigenvalue weighted by Crippen LogP contribution is -2.24. The van der Waals surface area contributed by atoms with Gasteiger partial charge in [-0.1, -0.05) is 0 Å². The number of imidazole rings is 1. The number of aromatic nitrogens is 2. The fourth-order valence-electron chi connectivity index (χ4n) is 1.15. The van der Waals surface area contributed by atoms with Crippen molar-refractivity contribution in [2.75, 3.05) is 6.61 Å². The van der Waals surface area contributed by atoms with Gasteiger partial charge in [0.1, 0.15) is 5.69 Å². The smallest absolute Gasteiger partial charge is 0.356 e. The summed E-state index contributed by atoms with van der Waals surface area (Å²) in [4.78, 5) is 15.3. The number of nitrogens with zero attached hydrogens (tertiary/aromatic N) is 2. The largest absolute Gasteiger partial charge is 0.461 e. The number of hydrogen-bond donors (Lipinski definition) is 1. The molecule has 1 heterocycles. The molecule has 0 fully saturated rings. The van der Waals surface area contributed by atoms with Gasteiger partial charge in [0.15, 0.2) is 0 Å². The van der Waals surface area contributed by atoms with Crippen LogP contribution in [0.5, 0.6) is 0 Å². The minimum Gasteiger partial charge on any atom is -0.461 e. The molecule has 5 heteroatoms. The molecule has 78 valence electrons. The zero-order valence-electron chi connectivity index (χ0n) is 8.43. The minimum atomic E-state index is -0.356. The number of ether oxygens (including phenoxy) is 1. The summed E-state index contributed by atoms with van der Waals surface area (Å²) in [5, 5.41) is 0. The average molecular weight is 197 g/mol. The molecule has 14 heavy (non-hydrogen) atoms. The van der Waals surface area contributed by atoms with Crippen molar-refractivity contribution in [3.8, 4) is 0 Å². The molecule has 2 N–H and O–H groups in total. The van der Waals surface area contributed by atoms with Crippen molar-refractivity contribution in [2.24, 2.45) is 5.73 Å². The molecule has 0 bridgehead atoms. The Bertz CT molecular complexity index is 307. The van der Waals surface area contributed by atoms with Gasteiger partial charge in [0.25, 0.3) is 0 Å². The molecule has 0 aromatic carbocycles. The summed E-state index contributed by atoms with van der Waals surface area (Å²) in [6.07, 6.45) is 3.07. The Hall–Kier alpha value is -1.36. The van der Waals surface area contributed by atoms with Crippen LogP contribution in [-0.2, 0) is 11.3 Å². The zero-order valence-corrected chi connectivity index (χ0v) is 8.43. The zero-order chi connectivity index (χ0) is 10.6. The average Bonchev–Trinajstić information content (AvgIpc) is 2.51. The maximum Gasteiger partial charge on any atom is 0.356 e. The Morgan fingerprint density at radius 2 is 2.50 bits per heavy atom. The van der Waals surface area contributed by atoms with Gasteiger partial charge in [-0.15, -0.1) is 0 Å². The van der Waals surface area contributed by atoms with Crippen LogP contribution in [0.4, 0.5) is 0 Å². The van der Waals surface area contributed by atoms with E-state index in [9.17, 15) is 4.79 Å². The highest BCUT2D eigenvalue weighted by atomic mass is 16.5. The molecule has 0 aliphatic heterocycles. The van der Waals surface area contributed by atoms with Gasteiger partial charge in [0.05, 0.1) is 19.1 Å². The van der Waals surface area contributed by atoms with Crippen molar-refractivity contribution in [3.63, 3.8) is 0 Å². The van der Waals surface area contributed by atoms with Crippen LogP contribution in [0.1, 0.15) is 24.3 Å². The normalized spacial score (nSPS) is 12.5. The predicted octanol–water partition coefficient (Wildman–Crippen LogP) is 0.407. The first-order chi connectivity index (χ1) is 6.65. The minimum absolute atomic E-state index is 0.0163. The maximum atomic E-state index is 11.4. The first-order valence-corrected chi connectivity index (χ1v) is 4.58. The van der Waals surface area contributed by atoms with E-state index in [4.69, 9.17) is 10.5 Å². The Morgan fingerprint density at radius 1 is 1.79 bits per heavy atom. The summed E-state index contributed by atoms with van der Waals surface area (Å²) in [6, 6.07) is -0.0163. The third-order valence-electron chi connectivity index (χ3n) is 1.68. The lowest BCUT2D eigenvalue weighted by atomic mass is 10.3. The second kappa shape index (κ2) is 4.76. The van der Waals surface area contributed by atoms with Gasteiger partial charge in [-0.2, -0.15) is 0 Å². The molecule has 1 atom stereocenters. The van der Waals surface area contributed by atoms with Crippen molar-refractivity contribution >= 4 is 5.97 Å².